The van der Waals surface area contributed by atoms with Crippen LogP contribution in [0.1, 0.15) is 33.3 Å². The summed E-state index contributed by atoms with van der Waals surface area (Å²) >= 11 is 0. The predicted octanol–water partition coefficient (Wildman–Crippen LogP) is 1.29. The summed E-state index contributed by atoms with van der Waals surface area (Å²) in [5.74, 6) is -2.66. The zero-order valence-corrected chi connectivity index (χ0v) is 17.8. The lowest BCUT2D eigenvalue weighted by Crippen LogP contribution is -2.62. The first-order valence-corrected chi connectivity index (χ1v) is 9.63. The van der Waals surface area contributed by atoms with E-state index in [1.807, 2.05) is 30.3 Å². The number of hydrogen-bond donors (Lipinski definition) is 0. The van der Waals surface area contributed by atoms with Gasteiger partial charge in [0.05, 0.1) is 6.61 Å². The highest BCUT2D eigenvalue weighted by Crippen LogP contribution is 2.30. The summed E-state index contributed by atoms with van der Waals surface area (Å²) in [6.07, 6.45) is -5.92. The van der Waals surface area contributed by atoms with Crippen molar-refractivity contribution in [1.82, 2.24) is 0 Å². The van der Waals surface area contributed by atoms with Gasteiger partial charge in [-0.3, -0.25) is 19.2 Å². The highest BCUT2D eigenvalue weighted by atomic mass is 16.7. The van der Waals surface area contributed by atoms with E-state index in [9.17, 15) is 19.2 Å². The van der Waals surface area contributed by atoms with Gasteiger partial charge in [0.25, 0.3) is 0 Å². The van der Waals surface area contributed by atoms with E-state index in [4.69, 9.17) is 28.4 Å². The molecule has 1 heterocycles. The molecular weight excluding hydrogens is 412 g/mol. The van der Waals surface area contributed by atoms with Gasteiger partial charge >= 0.3 is 23.9 Å². The van der Waals surface area contributed by atoms with Crippen molar-refractivity contribution in [2.45, 2.75) is 65.0 Å². The van der Waals surface area contributed by atoms with Gasteiger partial charge in [0, 0.05) is 27.7 Å². The summed E-state index contributed by atoms with van der Waals surface area (Å²) in [4.78, 5) is 46.5. The van der Waals surface area contributed by atoms with Gasteiger partial charge in [0.2, 0.25) is 0 Å². The molecule has 0 amide bonds. The van der Waals surface area contributed by atoms with E-state index in [2.05, 4.69) is 0 Å². The second-order valence-corrected chi connectivity index (χ2v) is 6.86. The molecule has 0 spiro atoms. The predicted molar refractivity (Wildman–Crippen MR) is 103 cm³/mol. The average molecular weight is 438 g/mol. The Morgan fingerprint density at radius 3 is 1.87 bits per heavy atom. The van der Waals surface area contributed by atoms with Crippen LogP contribution in [0, 0.1) is 0 Å². The van der Waals surface area contributed by atoms with E-state index < -0.39 is 54.6 Å². The third-order valence-electron chi connectivity index (χ3n) is 4.21. The molecule has 1 aliphatic heterocycles. The molecule has 0 bridgehead atoms. The molecule has 10 nitrogen and oxygen atoms in total. The van der Waals surface area contributed by atoms with Crippen molar-refractivity contribution in [3.05, 3.63) is 35.9 Å². The highest BCUT2D eigenvalue weighted by Gasteiger charge is 2.52. The first-order valence-electron chi connectivity index (χ1n) is 9.63. The van der Waals surface area contributed by atoms with Crippen molar-refractivity contribution in [1.29, 1.82) is 0 Å². The Morgan fingerprint density at radius 2 is 1.32 bits per heavy atom. The standard InChI is InChI=1S/C21H26O10/c1-12(22)26-11-17-18(28-13(2)23)19(29-14(3)24)20(30-15(4)25)21(31-17)27-10-16-8-6-5-7-9-16/h5-9,17-21H,10-11H2,1-4H3/t17-,18-,19+,20-,21?/m1/s1. The van der Waals surface area contributed by atoms with Crippen LogP contribution in [0.5, 0.6) is 0 Å². The molecule has 1 aromatic rings. The fourth-order valence-electron chi connectivity index (χ4n) is 3.08. The van der Waals surface area contributed by atoms with Crippen molar-refractivity contribution < 1.29 is 47.6 Å². The summed E-state index contributed by atoms with van der Waals surface area (Å²) in [6, 6.07) is 9.14. The molecule has 1 unspecified atom stereocenters. The number of carbonyl (C=O) groups excluding carboxylic acids is 4. The lowest BCUT2D eigenvalue weighted by molar-refractivity contribution is -0.310. The second kappa shape index (κ2) is 11.4. The van der Waals surface area contributed by atoms with Crippen molar-refractivity contribution in [3.8, 4) is 0 Å². The van der Waals surface area contributed by atoms with Gasteiger partial charge in [-0.25, -0.2) is 0 Å². The van der Waals surface area contributed by atoms with E-state index >= 15 is 0 Å². The summed E-state index contributed by atoms with van der Waals surface area (Å²) in [5.41, 5.74) is 0.815. The Labute approximate surface area is 179 Å². The molecule has 0 N–H and O–H groups in total. The SMILES string of the molecule is CC(=O)OC[C@H]1OC(OCc2ccccc2)[C@H](OC(C)=O)[C@@H](OC(C)=O)[C@@H]1OC(C)=O. The summed E-state index contributed by atoms with van der Waals surface area (Å²) in [7, 11) is 0. The molecular formula is C21H26O10. The minimum atomic E-state index is -1.25. The zero-order chi connectivity index (χ0) is 23.0. The molecule has 5 atom stereocenters. The van der Waals surface area contributed by atoms with Crippen LogP contribution in [-0.4, -0.2) is 61.2 Å². The summed E-state index contributed by atoms with van der Waals surface area (Å²) < 4.78 is 32.6. The quantitative estimate of drug-likeness (QED) is 0.433. The number of esters is 4. The van der Waals surface area contributed by atoms with Crippen molar-refractivity contribution in [2.24, 2.45) is 0 Å². The topological polar surface area (TPSA) is 124 Å². The number of benzene rings is 1. The number of ether oxygens (including phenoxy) is 6. The van der Waals surface area contributed by atoms with E-state index in [0.717, 1.165) is 19.4 Å². The van der Waals surface area contributed by atoms with Crippen LogP contribution < -0.4 is 0 Å². The van der Waals surface area contributed by atoms with E-state index in [-0.39, 0.29) is 13.2 Å². The van der Waals surface area contributed by atoms with E-state index in [0.29, 0.717) is 0 Å². The van der Waals surface area contributed by atoms with Gasteiger partial charge in [-0.05, 0) is 5.56 Å². The molecule has 1 aromatic carbocycles. The van der Waals surface area contributed by atoms with Crippen molar-refractivity contribution in [3.63, 3.8) is 0 Å². The van der Waals surface area contributed by atoms with Crippen LogP contribution >= 0.6 is 0 Å². The number of carbonyl (C=O) groups is 4. The monoisotopic (exact) mass is 438 g/mol. The van der Waals surface area contributed by atoms with Crippen LogP contribution in [0.25, 0.3) is 0 Å². The zero-order valence-electron chi connectivity index (χ0n) is 17.8. The molecule has 10 heteroatoms. The Hall–Kier alpha value is -2.98. The maximum Gasteiger partial charge on any atom is 0.303 e. The van der Waals surface area contributed by atoms with Gasteiger partial charge < -0.3 is 28.4 Å². The number of rotatable bonds is 8. The fourth-order valence-corrected chi connectivity index (χ4v) is 3.08. The summed E-state index contributed by atoms with van der Waals surface area (Å²) in [5, 5.41) is 0. The summed E-state index contributed by atoms with van der Waals surface area (Å²) in [6.45, 7) is 4.49. The maximum absolute atomic E-state index is 11.8. The van der Waals surface area contributed by atoms with Crippen LogP contribution in [0.15, 0.2) is 30.3 Å². The van der Waals surface area contributed by atoms with Gasteiger partial charge in [-0.1, -0.05) is 30.3 Å². The van der Waals surface area contributed by atoms with E-state index in [1.54, 1.807) is 0 Å². The fraction of sp³-hybridized carbons (Fsp3) is 0.524. The van der Waals surface area contributed by atoms with Gasteiger partial charge in [-0.15, -0.1) is 0 Å². The molecule has 31 heavy (non-hydrogen) atoms. The van der Waals surface area contributed by atoms with Crippen molar-refractivity contribution >= 4 is 23.9 Å². The van der Waals surface area contributed by atoms with Crippen LogP contribution in [0.4, 0.5) is 0 Å². The Morgan fingerprint density at radius 1 is 0.774 bits per heavy atom. The largest absolute Gasteiger partial charge is 0.463 e. The lowest BCUT2D eigenvalue weighted by Gasteiger charge is -2.44. The minimum absolute atomic E-state index is 0.0918. The Balaban J connectivity index is 2.35. The second-order valence-electron chi connectivity index (χ2n) is 6.86. The maximum atomic E-state index is 11.8. The lowest BCUT2D eigenvalue weighted by atomic mass is 9.98. The van der Waals surface area contributed by atoms with Gasteiger partial charge in [-0.2, -0.15) is 0 Å². The molecule has 170 valence electrons. The van der Waals surface area contributed by atoms with Crippen LogP contribution in [0.3, 0.4) is 0 Å². The normalized spacial score (nSPS) is 25.2. The third kappa shape index (κ3) is 7.65. The molecule has 0 radical (unpaired) electrons. The van der Waals surface area contributed by atoms with E-state index in [1.165, 1.54) is 13.8 Å². The van der Waals surface area contributed by atoms with Crippen LogP contribution in [0.2, 0.25) is 0 Å². The minimum Gasteiger partial charge on any atom is -0.463 e. The molecule has 1 fully saturated rings. The molecule has 1 saturated heterocycles. The van der Waals surface area contributed by atoms with Gasteiger partial charge in [0.15, 0.2) is 24.6 Å². The first kappa shape index (κ1) is 24.3. The van der Waals surface area contributed by atoms with Crippen molar-refractivity contribution in [2.75, 3.05) is 6.61 Å². The smallest absolute Gasteiger partial charge is 0.303 e. The number of hydrogen-bond acceptors (Lipinski definition) is 10. The molecule has 0 aromatic heterocycles. The average Bonchev–Trinajstić information content (AvgIpc) is 2.68. The Kier molecular flexibility index (Phi) is 8.95. The molecule has 0 saturated carbocycles. The highest BCUT2D eigenvalue weighted by molar-refractivity contribution is 5.68. The molecule has 1 aliphatic rings. The first-order chi connectivity index (χ1) is 14.7. The van der Waals surface area contributed by atoms with Gasteiger partial charge in [0.1, 0.15) is 12.7 Å². The third-order valence-corrected chi connectivity index (χ3v) is 4.21. The Bertz CT molecular complexity index is 778. The molecule has 0 aliphatic carbocycles. The van der Waals surface area contributed by atoms with Crippen LogP contribution in [-0.2, 0) is 54.2 Å². The molecule has 2 rings (SSSR count).